The van der Waals surface area contributed by atoms with E-state index in [2.05, 4.69) is 15.0 Å². The van der Waals surface area contributed by atoms with Gasteiger partial charge in [0.2, 0.25) is 0 Å². The van der Waals surface area contributed by atoms with E-state index >= 15 is 0 Å². The van der Waals surface area contributed by atoms with Crippen LogP contribution in [0.4, 0.5) is 11.9 Å². The zero-order valence-corrected chi connectivity index (χ0v) is 7.08. The summed E-state index contributed by atoms with van der Waals surface area (Å²) >= 11 is 0. The summed E-state index contributed by atoms with van der Waals surface area (Å²) in [6, 6.07) is 0. The van der Waals surface area contributed by atoms with E-state index in [1.165, 1.54) is 0 Å². The fraction of sp³-hybridized carbons (Fsp3) is 0.400. The molecule has 0 saturated heterocycles. The zero-order valence-electron chi connectivity index (χ0n) is 7.08. The van der Waals surface area contributed by atoms with E-state index in [0.717, 1.165) is 0 Å². The van der Waals surface area contributed by atoms with Gasteiger partial charge in [-0.2, -0.15) is 0 Å². The third-order valence-electron chi connectivity index (χ3n) is 1.30. The minimum absolute atomic E-state index is 0.0263. The Morgan fingerprint density at radius 3 is 1.79 bits per heavy atom. The van der Waals surface area contributed by atoms with Crippen LogP contribution in [0, 0.1) is 20.2 Å². The van der Waals surface area contributed by atoms with Crippen molar-refractivity contribution in [3.05, 3.63) is 26.1 Å². The summed E-state index contributed by atoms with van der Waals surface area (Å²) in [6.45, 7) is 1.63. The Bertz CT molecular complexity index is 359. The lowest BCUT2D eigenvalue weighted by atomic mass is 10.5. The number of nitro groups is 2. The van der Waals surface area contributed by atoms with Crippen molar-refractivity contribution in [1.29, 1.82) is 0 Å². The molecular formula is C5H5N5O4. The SMILES string of the molecule is CCc1nc([N+](=O)[O-])nc([N+](=O)[O-])n1. The highest BCUT2D eigenvalue weighted by atomic mass is 16.6. The Labute approximate surface area is 77.1 Å². The first-order chi connectivity index (χ1) is 6.54. The maximum Gasteiger partial charge on any atom is 0.478 e. The fourth-order valence-corrected chi connectivity index (χ4v) is 0.717. The van der Waals surface area contributed by atoms with Crippen molar-refractivity contribution in [2.45, 2.75) is 13.3 Å². The second-order valence-electron chi connectivity index (χ2n) is 2.22. The van der Waals surface area contributed by atoms with Gasteiger partial charge in [0.05, 0.1) is 0 Å². The molecule has 0 saturated carbocycles. The van der Waals surface area contributed by atoms with Crippen LogP contribution in [-0.2, 0) is 6.42 Å². The molecule has 0 amide bonds. The first kappa shape index (κ1) is 9.89. The van der Waals surface area contributed by atoms with Crippen LogP contribution in [0.25, 0.3) is 0 Å². The molecule has 0 atom stereocenters. The van der Waals surface area contributed by atoms with Gasteiger partial charge in [0.1, 0.15) is 0 Å². The van der Waals surface area contributed by atoms with E-state index in [9.17, 15) is 20.2 Å². The zero-order chi connectivity index (χ0) is 10.7. The highest BCUT2D eigenvalue weighted by Crippen LogP contribution is 2.09. The van der Waals surface area contributed by atoms with Crippen LogP contribution in [0.2, 0.25) is 0 Å². The molecule has 14 heavy (non-hydrogen) atoms. The maximum atomic E-state index is 10.3. The van der Waals surface area contributed by atoms with E-state index in [-0.39, 0.29) is 12.2 Å². The molecule has 0 aliphatic carbocycles. The van der Waals surface area contributed by atoms with Gasteiger partial charge in [-0.3, -0.25) is 0 Å². The minimum atomic E-state index is -0.895. The van der Waals surface area contributed by atoms with Crippen molar-refractivity contribution in [2.24, 2.45) is 0 Å². The molecule has 0 bridgehead atoms. The molecule has 0 fully saturated rings. The predicted octanol–water partition coefficient (Wildman–Crippen LogP) is 0.250. The summed E-state index contributed by atoms with van der Waals surface area (Å²) < 4.78 is 0. The summed E-state index contributed by atoms with van der Waals surface area (Å²) in [4.78, 5) is 28.6. The van der Waals surface area contributed by atoms with Gasteiger partial charge < -0.3 is 20.2 Å². The average Bonchev–Trinajstić information content (AvgIpc) is 2.16. The molecule has 0 aromatic carbocycles. The Morgan fingerprint density at radius 2 is 1.50 bits per heavy atom. The van der Waals surface area contributed by atoms with Crippen molar-refractivity contribution in [2.75, 3.05) is 0 Å². The monoisotopic (exact) mass is 199 g/mol. The molecule has 1 heterocycles. The van der Waals surface area contributed by atoms with Crippen LogP contribution in [-0.4, -0.2) is 24.8 Å². The molecule has 1 rings (SSSR count). The van der Waals surface area contributed by atoms with Crippen LogP contribution in [0.1, 0.15) is 12.7 Å². The highest BCUT2D eigenvalue weighted by Gasteiger charge is 2.22. The second-order valence-corrected chi connectivity index (χ2v) is 2.22. The average molecular weight is 199 g/mol. The first-order valence-electron chi connectivity index (χ1n) is 3.58. The lowest BCUT2D eigenvalue weighted by molar-refractivity contribution is -0.409. The van der Waals surface area contributed by atoms with E-state index in [1.807, 2.05) is 0 Å². The van der Waals surface area contributed by atoms with Crippen molar-refractivity contribution >= 4 is 11.9 Å². The van der Waals surface area contributed by atoms with Gasteiger partial charge in [-0.05, 0) is 19.8 Å². The summed E-state index contributed by atoms with van der Waals surface area (Å²) in [5.74, 6) is -1.58. The third-order valence-corrected chi connectivity index (χ3v) is 1.30. The third kappa shape index (κ3) is 1.94. The van der Waals surface area contributed by atoms with Crippen molar-refractivity contribution in [3.8, 4) is 0 Å². The fourth-order valence-electron chi connectivity index (χ4n) is 0.717. The molecule has 9 nitrogen and oxygen atoms in total. The first-order valence-corrected chi connectivity index (χ1v) is 3.58. The normalized spacial score (nSPS) is 9.79. The number of aryl methyl sites for hydroxylation is 1. The van der Waals surface area contributed by atoms with Crippen molar-refractivity contribution in [3.63, 3.8) is 0 Å². The van der Waals surface area contributed by atoms with E-state index in [1.54, 1.807) is 6.92 Å². The van der Waals surface area contributed by atoms with Crippen LogP contribution >= 0.6 is 0 Å². The Balaban J connectivity index is 3.27. The Kier molecular flexibility index (Phi) is 2.60. The number of hydrogen-bond donors (Lipinski definition) is 0. The molecule has 74 valence electrons. The number of aromatic nitrogens is 3. The van der Waals surface area contributed by atoms with Crippen molar-refractivity contribution < 1.29 is 9.85 Å². The predicted molar refractivity (Wildman–Crippen MR) is 42.5 cm³/mol. The molecule has 0 spiro atoms. The van der Waals surface area contributed by atoms with Gasteiger partial charge >= 0.3 is 11.9 Å². The molecule has 0 aliphatic rings. The van der Waals surface area contributed by atoms with Gasteiger partial charge in [-0.25, -0.2) is 0 Å². The highest BCUT2D eigenvalue weighted by molar-refractivity contribution is 5.14. The van der Waals surface area contributed by atoms with E-state index in [4.69, 9.17) is 0 Å². The van der Waals surface area contributed by atoms with Crippen LogP contribution in [0.5, 0.6) is 0 Å². The van der Waals surface area contributed by atoms with E-state index < -0.39 is 21.7 Å². The molecule has 0 N–H and O–H groups in total. The molecule has 9 heteroatoms. The minimum Gasteiger partial charge on any atom is -0.390 e. The van der Waals surface area contributed by atoms with Crippen LogP contribution in [0.3, 0.4) is 0 Å². The van der Waals surface area contributed by atoms with Gasteiger partial charge in [0.25, 0.3) is 5.82 Å². The van der Waals surface area contributed by atoms with E-state index in [0.29, 0.717) is 0 Å². The van der Waals surface area contributed by atoms with Gasteiger partial charge in [0.15, 0.2) is 0 Å². The van der Waals surface area contributed by atoms with Gasteiger partial charge in [0, 0.05) is 11.4 Å². The molecule has 0 radical (unpaired) electrons. The summed E-state index contributed by atoms with van der Waals surface area (Å²) in [7, 11) is 0. The quantitative estimate of drug-likeness (QED) is 0.504. The second kappa shape index (κ2) is 3.68. The van der Waals surface area contributed by atoms with Crippen LogP contribution < -0.4 is 0 Å². The van der Waals surface area contributed by atoms with Gasteiger partial charge in [-0.15, -0.1) is 0 Å². The molecule has 1 aromatic rings. The lowest BCUT2D eigenvalue weighted by Gasteiger charge is -1.94. The number of nitrogens with zero attached hydrogens (tertiary/aromatic N) is 5. The molecule has 0 aliphatic heterocycles. The molecule has 0 unspecified atom stereocenters. The summed E-state index contributed by atoms with van der Waals surface area (Å²) in [5, 5.41) is 20.5. The Morgan fingerprint density at radius 1 is 1.07 bits per heavy atom. The smallest absolute Gasteiger partial charge is 0.390 e. The summed E-state index contributed by atoms with van der Waals surface area (Å²) in [6.07, 6.45) is 0.268. The lowest BCUT2D eigenvalue weighted by Crippen LogP contribution is -2.06. The maximum absolute atomic E-state index is 10.3. The Hall–Kier alpha value is -2.19. The molecule has 1 aromatic heterocycles. The largest absolute Gasteiger partial charge is 0.478 e. The standard InChI is InChI=1S/C5H5N5O4/c1-2-3-6-4(9(11)12)8-5(7-3)10(13)14/h2H2,1H3. The summed E-state index contributed by atoms with van der Waals surface area (Å²) in [5.41, 5.74) is 0. The topological polar surface area (TPSA) is 125 Å². The molecular weight excluding hydrogens is 194 g/mol. The van der Waals surface area contributed by atoms with Crippen LogP contribution in [0.15, 0.2) is 0 Å². The number of rotatable bonds is 3. The van der Waals surface area contributed by atoms with Crippen molar-refractivity contribution in [1.82, 2.24) is 15.0 Å². The van der Waals surface area contributed by atoms with Gasteiger partial charge in [-0.1, -0.05) is 6.92 Å². The number of hydrogen-bond acceptors (Lipinski definition) is 7.